The Balaban J connectivity index is 2.97. The van der Waals surface area contributed by atoms with Gasteiger partial charge in [0.2, 0.25) is 0 Å². The molecule has 0 aliphatic carbocycles. The standard InChI is InChI=1S/C9H21NO2/c1-4-11-7-6-10-8-9(3)12-5-2/h9-10H,4-8H2,1-3H3. The van der Waals surface area contributed by atoms with Crippen LogP contribution in [0.1, 0.15) is 20.8 Å². The van der Waals surface area contributed by atoms with Gasteiger partial charge in [0.25, 0.3) is 0 Å². The molecule has 1 N–H and O–H groups in total. The maximum atomic E-state index is 5.35. The SMILES string of the molecule is CCOCCNCC(C)OCC. The van der Waals surface area contributed by atoms with E-state index >= 15 is 0 Å². The minimum Gasteiger partial charge on any atom is -0.380 e. The van der Waals surface area contributed by atoms with Crippen molar-refractivity contribution in [1.29, 1.82) is 0 Å². The van der Waals surface area contributed by atoms with Gasteiger partial charge in [-0.25, -0.2) is 0 Å². The Hall–Kier alpha value is -0.120. The van der Waals surface area contributed by atoms with E-state index in [-0.39, 0.29) is 0 Å². The first-order valence-corrected chi connectivity index (χ1v) is 4.71. The predicted octanol–water partition coefficient (Wildman–Crippen LogP) is 1.04. The first-order valence-electron chi connectivity index (χ1n) is 4.71. The summed E-state index contributed by atoms with van der Waals surface area (Å²) in [5, 5.41) is 3.25. The average molecular weight is 175 g/mol. The fraction of sp³-hybridized carbons (Fsp3) is 1.00. The maximum Gasteiger partial charge on any atom is 0.0671 e. The van der Waals surface area contributed by atoms with Crippen LogP contribution in [0.5, 0.6) is 0 Å². The summed E-state index contributed by atoms with van der Waals surface area (Å²) in [6.07, 6.45) is 0.302. The largest absolute Gasteiger partial charge is 0.380 e. The van der Waals surface area contributed by atoms with Gasteiger partial charge in [-0.2, -0.15) is 0 Å². The van der Waals surface area contributed by atoms with Crippen molar-refractivity contribution in [2.75, 3.05) is 32.9 Å². The number of hydrogen-bond donors (Lipinski definition) is 1. The molecule has 1 unspecified atom stereocenters. The van der Waals surface area contributed by atoms with Crippen molar-refractivity contribution in [2.45, 2.75) is 26.9 Å². The number of hydrogen-bond acceptors (Lipinski definition) is 3. The van der Waals surface area contributed by atoms with E-state index in [1.165, 1.54) is 0 Å². The number of rotatable bonds is 8. The molecule has 0 rings (SSSR count). The lowest BCUT2D eigenvalue weighted by Crippen LogP contribution is -2.29. The van der Waals surface area contributed by atoms with Gasteiger partial charge in [-0.3, -0.25) is 0 Å². The van der Waals surface area contributed by atoms with Crippen LogP contribution in [-0.4, -0.2) is 39.0 Å². The van der Waals surface area contributed by atoms with Gasteiger partial charge in [0, 0.05) is 26.3 Å². The summed E-state index contributed by atoms with van der Waals surface area (Å²) in [7, 11) is 0. The van der Waals surface area contributed by atoms with Crippen LogP contribution in [0.4, 0.5) is 0 Å². The topological polar surface area (TPSA) is 30.5 Å². The Bertz CT molecular complexity index is 88.6. The molecule has 0 aromatic heterocycles. The molecule has 0 aliphatic rings. The summed E-state index contributed by atoms with van der Waals surface area (Å²) in [6.45, 7) is 10.3. The van der Waals surface area contributed by atoms with Crippen LogP contribution < -0.4 is 5.32 Å². The van der Waals surface area contributed by atoms with Crippen LogP contribution >= 0.6 is 0 Å². The second kappa shape index (κ2) is 8.97. The Morgan fingerprint density at radius 2 is 2.00 bits per heavy atom. The molecular formula is C9H21NO2. The van der Waals surface area contributed by atoms with Gasteiger partial charge >= 0.3 is 0 Å². The molecule has 3 heteroatoms. The second-order valence-electron chi connectivity index (χ2n) is 2.67. The molecule has 0 bridgehead atoms. The van der Waals surface area contributed by atoms with E-state index in [9.17, 15) is 0 Å². The molecule has 0 amide bonds. The van der Waals surface area contributed by atoms with Crippen LogP contribution in [0.3, 0.4) is 0 Å². The summed E-state index contributed by atoms with van der Waals surface area (Å²) in [5.41, 5.74) is 0. The smallest absolute Gasteiger partial charge is 0.0671 e. The van der Waals surface area contributed by atoms with E-state index in [4.69, 9.17) is 9.47 Å². The van der Waals surface area contributed by atoms with Crippen molar-refractivity contribution in [3.05, 3.63) is 0 Å². The Labute approximate surface area is 75.4 Å². The summed E-state index contributed by atoms with van der Waals surface area (Å²) >= 11 is 0. The van der Waals surface area contributed by atoms with Gasteiger partial charge in [0.05, 0.1) is 12.7 Å². The quantitative estimate of drug-likeness (QED) is 0.559. The zero-order chi connectivity index (χ0) is 9.23. The molecule has 0 saturated carbocycles. The van der Waals surface area contributed by atoms with Crippen molar-refractivity contribution in [2.24, 2.45) is 0 Å². The highest BCUT2D eigenvalue weighted by molar-refractivity contribution is 4.54. The monoisotopic (exact) mass is 175 g/mol. The Morgan fingerprint density at radius 1 is 1.25 bits per heavy atom. The molecule has 0 heterocycles. The lowest BCUT2D eigenvalue weighted by Gasteiger charge is -2.12. The van der Waals surface area contributed by atoms with Gasteiger partial charge in [0.15, 0.2) is 0 Å². The molecule has 0 aromatic carbocycles. The van der Waals surface area contributed by atoms with Gasteiger partial charge in [-0.05, 0) is 20.8 Å². The Kier molecular flexibility index (Phi) is 8.88. The van der Waals surface area contributed by atoms with Gasteiger partial charge < -0.3 is 14.8 Å². The third-order valence-electron chi connectivity index (χ3n) is 1.51. The van der Waals surface area contributed by atoms with Gasteiger partial charge in [-0.15, -0.1) is 0 Å². The Morgan fingerprint density at radius 3 is 2.58 bits per heavy atom. The highest BCUT2D eigenvalue weighted by Crippen LogP contribution is 1.86. The molecule has 0 radical (unpaired) electrons. The molecule has 0 spiro atoms. The van der Waals surface area contributed by atoms with Crippen molar-refractivity contribution < 1.29 is 9.47 Å². The molecular weight excluding hydrogens is 154 g/mol. The zero-order valence-corrected chi connectivity index (χ0v) is 8.43. The lowest BCUT2D eigenvalue weighted by molar-refractivity contribution is 0.0733. The molecule has 0 saturated heterocycles. The van der Waals surface area contributed by atoms with Crippen LogP contribution in [0, 0.1) is 0 Å². The molecule has 74 valence electrons. The lowest BCUT2D eigenvalue weighted by atomic mass is 10.4. The first-order chi connectivity index (χ1) is 5.81. The number of nitrogens with one attached hydrogen (secondary N) is 1. The van der Waals surface area contributed by atoms with Crippen molar-refractivity contribution in [3.63, 3.8) is 0 Å². The summed E-state index contributed by atoms with van der Waals surface area (Å²) in [5.74, 6) is 0. The third-order valence-corrected chi connectivity index (χ3v) is 1.51. The first kappa shape index (κ1) is 11.9. The molecule has 0 fully saturated rings. The molecule has 12 heavy (non-hydrogen) atoms. The van der Waals surface area contributed by atoms with Crippen LogP contribution in [0.15, 0.2) is 0 Å². The van der Waals surface area contributed by atoms with E-state index in [2.05, 4.69) is 12.2 Å². The summed E-state index contributed by atoms with van der Waals surface area (Å²) in [6, 6.07) is 0. The van der Waals surface area contributed by atoms with Gasteiger partial charge in [0.1, 0.15) is 0 Å². The normalized spacial score (nSPS) is 13.2. The molecule has 3 nitrogen and oxygen atoms in total. The van der Waals surface area contributed by atoms with Crippen LogP contribution in [0.2, 0.25) is 0 Å². The highest BCUT2D eigenvalue weighted by atomic mass is 16.5. The average Bonchev–Trinajstić information content (AvgIpc) is 2.05. The fourth-order valence-electron chi connectivity index (χ4n) is 0.937. The van der Waals surface area contributed by atoms with E-state index in [1.54, 1.807) is 0 Å². The third kappa shape index (κ3) is 7.98. The van der Waals surface area contributed by atoms with E-state index in [0.717, 1.165) is 32.9 Å². The molecule has 0 aromatic rings. The second-order valence-corrected chi connectivity index (χ2v) is 2.67. The maximum absolute atomic E-state index is 5.35. The van der Waals surface area contributed by atoms with E-state index in [1.807, 2.05) is 13.8 Å². The molecule has 0 aliphatic heterocycles. The zero-order valence-electron chi connectivity index (χ0n) is 8.43. The summed E-state index contributed by atoms with van der Waals surface area (Å²) in [4.78, 5) is 0. The predicted molar refractivity (Wildman–Crippen MR) is 50.5 cm³/mol. The summed E-state index contributed by atoms with van der Waals surface area (Å²) < 4.78 is 10.5. The van der Waals surface area contributed by atoms with Crippen molar-refractivity contribution in [3.8, 4) is 0 Å². The van der Waals surface area contributed by atoms with E-state index in [0.29, 0.717) is 6.10 Å². The van der Waals surface area contributed by atoms with Crippen LogP contribution in [-0.2, 0) is 9.47 Å². The minimum atomic E-state index is 0.302. The van der Waals surface area contributed by atoms with Crippen molar-refractivity contribution >= 4 is 0 Å². The minimum absolute atomic E-state index is 0.302. The number of ether oxygens (including phenoxy) is 2. The van der Waals surface area contributed by atoms with Crippen LogP contribution in [0.25, 0.3) is 0 Å². The van der Waals surface area contributed by atoms with Gasteiger partial charge in [-0.1, -0.05) is 0 Å². The van der Waals surface area contributed by atoms with E-state index < -0.39 is 0 Å². The fourth-order valence-corrected chi connectivity index (χ4v) is 0.937. The molecule has 1 atom stereocenters. The highest BCUT2D eigenvalue weighted by Gasteiger charge is 1.98. The van der Waals surface area contributed by atoms with Crippen molar-refractivity contribution in [1.82, 2.24) is 5.32 Å².